The first kappa shape index (κ1) is 20.5. The summed E-state index contributed by atoms with van der Waals surface area (Å²) in [5.41, 5.74) is 0.969. The van der Waals surface area contributed by atoms with Gasteiger partial charge < -0.3 is 20.4 Å². The van der Waals surface area contributed by atoms with Crippen molar-refractivity contribution in [2.45, 2.75) is 53.2 Å². The lowest BCUT2D eigenvalue weighted by atomic mass is 10.0. The zero-order chi connectivity index (χ0) is 20.4. The highest BCUT2D eigenvalue weighted by atomic mass is 16.6. The first-order valence-electron chi connectivity index (χ1n) is 8.90. The van der Waals surface area contributed by atoms with Crippen molar-refractivity contribution in [1.82, 2.24) is 10.3 Å². The van der Waals surface area contributed by atoms with Crippen molar-refractivity contribution in [1.29, 1.82) is 0 Å². The van der Waals surface area contributed by atoms with Gasteiger partial charge in [0.15, 0.2) is 0 Å². The summed E-state index contributed by atoms with van der Waals surface area (Å²) >= 11 is 0. The fourth-order valence-electron chi connectivity index (χ4n) is 2.58. The molecule has 0 spiro atoms. The minimum Gasteiger partial charge on any atom is -0.444 e. The Bertz CT molecular complexity index is 910. The average Bonchev–Trinajstić information content (AvgIpc) is 2.52. The lowest BCUT2D eigenvalue weighted by Crippen LogP contribution is -2.48. The molecule has 0 aliphatic carbocycles. The van der Waals surface area contributed by atoms with Crippen LogP contribution in [0, 0.1) is 12.8 Å². The van der Waals surface area contributed by atoms with E-state index in [2.05, 4.69) is 15.6 Å². The maximum absolute atomic E-state index is 12.7. The molecule has 146 valence electrons. The molecule has 1 aromatic carbocycles. The number of H-pyrrole nitrogens is 1. The molecule has 1 unspecified atom stereocenters. The highest BCUT2D eigenvalue weighted by Gasteiger charge is 2.27. The number of fused-ring (bicyclic) bond motifs is 1. The largest absolute Gasteiger partial charge is 0.444 e. The molecule has 0 fully saturated rings. The minimum atomic E-state index is -0.757. The summed E-state index contributed by atoms with van der Waals surface area (Å²) in [6, 6.07) is 6.30. The van der Waals surface area contributed by atoms with Crippen LogP contribution in [0.3, 0.4) is 0 Å². The van der Waals surface area contributed by atoms with Gasteiger partial charge in [0.2, 0.25) is 5.91 Å². The highest BCUT2D eigenvalue weighted by Crippen LogP contribution is 2.18. The molecule has 1 atom stereocenters. The number of benzene rings is 1. The number of aryl methyl sites for hydroxylation is 1. The number of amides is 2. The lowest BCUT2D eigenvalue weighted by molar-refractivity contribution is -0.119. The Morgan fingerprint density at radius 3 is 2.41 bits per heavy atom. The molecule has 7 nitrogen and oxygen atoms in total. The van der Waals surface area contributed by atoms with Gasteiger partial charge in [-0.25, -0.2) is 4.79 Å². The highest BCUT2D eigenvalue weighted by molar-refractivity contribution is 5.98. The van der Waals surface area contributed by atoms with Crippen molar-refractivity contribution in [2.75, 3.05) is 5.32 Å². The number of hydrogen-bond acceptors (Lipinski definition) is 4. The number of aromatic amines is 1. The number of nitrogens with one attached hydrogen (secondary N) is 3. The van der Waals surface area contributed by atoms with Crippen LogP contribution >= 0.6 is 0 Å². The molecule has 1 heterocycles. The number of anilines is 1. The minimum absolute atomic E-state index is 0.138. The van der Waals surface area contributed by atoms with Gasteiger partial charge in [0.05, 0.1) is 5.52 Å². The van der Waals surface area contributed by atoms with Gasteiger partial charge in [0.1, 0.15) is 11.6 Å². The van der Waals surface area contributed by atoms with Crippen molar-refractivity contribution >= 4 is 28.6 Å². The van der Waals surface area contributed by atoms with Crippen LogP contribution in [0.5, 0.6) is 0 Å². The number of alkyl carbamates (subject to hydrolysis) is 1. The molecule has 2 amide bonds. The lowest BCUT2D eigenvalue weighted by Gasteiger charge is -2.25. The van der Waals surface area contributed by atoms with E-state index in [0.29, 0.717) is 16.8 Å². The van der Waals surface area contributed by atoms with E-state index < -0.39 is 17.7 Å². The molecular weight excluding hydrogens is 346 g/mol. The second kappa shape index (κ2) is 7.82. The fraction of sp³-hybridized carbons (Fsp3) is 0.450. The third kappa shape index (κ3) is 5.57. The molecule has 2 rings (SSSR count). The molecule has 0 bridgehead atoms. The molecule has 3 N–H and O–H groups in total. The van der Waals surface area contributed by atoms with Crippen molar-refractivity contribution in [3.8, 4) is 0 Å². The molecule has 1 aromatic heterocycles. The maximum atomic E-state index is 12.7. The second-order valence-electron chi connectivity index (χ2n) is 7.94. The van der Waals surface area contributed by atoms with Crippen LogP contribution in [-0.2, 0) is 9.53 Å². The number of aromatic nitrogens is 1. The summed E-state index contributed by atoms with van der Waals surface area (Å²) in [7, 11) is 0. The first-order valence-corrected chi connectivity index (χ1v) is 8.90. The van der Waals surface area contributed by atoms with Gasteiger partial charge in [-0.2, -0.15) is 0 Å². The van der Waals surface area contributed by atoms with Crippen molar-refractivity contribution in [3.63, 3.8) is 0 Å². The summed E-state index contributed by atoms with van der Waals surface area (Å²) in [6.07, 6.45) is -0.644. The summed E-state index contributed by atoms with van der Waals surface area (Å²) in [6.45, 7) is 10.7. The van der Waals surface area contributed by atoms with Crippen LogP contribution in [0.1, 0.15) is 40.2 Å². The SMILES string of the molecule is Cc1cc2ccc(NC(=O)C(NC(=O)OC(C)(C)C)C(C)C)cc2[nH]c1=O. The molecule has 7 heteroatoms. The van der Waals surface area contributed by atoms with E-state index in [1.54, 1.807) is 45.9 Å². The van der Waals surface area contributed by atoms with E-state index in [4.69, 9.17) is 4.74 Å². The smallest absolute Gasteiger partial charge is 0.408 e. The second-order valence-corrected chi connectivity index (χ2v) is 7.94. The number of ether oxygens (including phenoxy) is 1. The number of hydrogen-bond donors (Lipinski definition) is 3. The van der Waals surface area contributed by atoms with Gasteiger partial charge in [0, 0.05) is 11.3 Å². The van der Waals surface area contributed by atoms with Crippen LogP contribution in [0.4, 0.5) is 10.5 Å². The predicted octanol–water partition coefficient (Wildman–Crippen LogP) is 3.32. The van der Waals surface area contributed by atoms with E-state index in [-0.39, 0.29) is 17.4 Å². The Balaban J connectivity index is 2.17. The van der Waals surface area contributed by atoms with E-state index in [9.17, 15) is 14.4 Å². The zero-order valence-corrected chi connectivity index (χ0v) is 16.6. The Morgan fingerprint density at radius 2 is 1.81 bits per heavy atom. The summed E-state index contributed by atoms with van der Waals surface area (Å²) in [4.78, 5) is 39.3. The van der Waals surface area contributed by atoms with Crippen LogP contribution in [0.2, 0.25) is 0 Å². The average molecular weight is 373 g/mol. The predicted molar refractivity (Wildman–Crippen MR) is 106 cm³/mol. The number of pyridine rings is 1. The zero-order valence-electron chi connectivity index (χ0n) is 16.6. The van der Waals surface area contributed by atoms with Crippen molar-refractivity contribution < 1.29 is 14.3 Å². The Morgan fingerprint density at radius 1 is 1.15 bits per heavy atom. The monoisotopic (exact) mass is 373 g/mol. The van der Waals surface area contributed by atoms with Gasteiger partial charge >= 0.3 is 6.09 Å². The van der Waals surface area contributed by atoms with Gasteiger partial charge in [-0.1, -0.05) is 19.9 Å². The van der Waals surface area contributed by atoms with Crippen LogP contribution in [-0.4, -0.2) is 28.6 Å². The third-order valence-electron chi connectivity index (χ3n) is 3.92. The van der Waals surface area contributed by atoms with Crippen LogP contribution in [0.15, 0.2) is 29.1 Å². The van der Waals surface area contributed by atoms with Crippen LogP contribution < -0.4 is 16.2 Å². The molecule has 0 aliphatic heterocycles. The summed E-state index contributed by atoms with van der Waals surface area (Å²) < 4.78 is 5.23. The van der Waals surface area contributed by atoms with Gasteiger partial charge in [-0.3, -0.25) is 9.59 Å². The number of carbonyl (C=O) groups is 2. The van der Waals surface area contributed by atoms with Gasteiger partial charge in [-0.15, -0.1) is 0 Å². The molecular formula is C20H27N3O4. The molecule has 0 saturated heterocycles. The molecule has 0 radical (unpaired) electrons. The molecule has 27 heavy (non-hydrogen) atoms. The van der Waals surface area contributed by atoms with Gasteiger partial charge in [-0.05, 0) is 57.2 Å². The van der Waals surface area contributed by atoms with E-state index >= 15 is 0 Å². The Hall–Kier alpha value is -2.83. The Kier molecular flexibility index (Phi) is 5.93. The topological polar surface area (TPSA) is 100 Å². The summed E-state index contributed by atoms with van der Waals surface area (Å²) in [5.74, 6) is -0.495. The van der Waals surface area contributed by atoms with Crippen molar-refractivity contribution in [2.24, 2.45) is 5.92 Å². The van der Waals surface area contributed by atoms with Crippen LogP contribution in [0.25, 0.3) is 10.9 Å². The quantitative estimate of drug-likeness (QED) is 0.765. The fourth-order valence-corrected chi connectivity index (χ4v) is 2.58. The Labute approximate surface area is 158 Å². The first-order chi connectivity index (χ1) is 12.5. The maximum Gasteiger partial charge on any atom is 0.408 e. The van der Waals surface area contributed by atoms with E-state index in [0.717, 1.165) is 5.39 Å². The normalized spacial score (nSPS) is 12.7. The van der Waals surface area contributed by atoms with Crippen molar-refractivity contribution in [3.05, 3.63) is 40.2 Å². The van der Waals surface area contributed by atoms with E-state index in [1.807, 2.05) is 19.9 Å². The van der Waals surface area contributed by atoms with Gasteiger partial charge in [0.25, 0.3) is 5.56 Å². The molecule has 0 saturated carbocycles. The number of carbonyl (C=O) groups excluding carboxylic acids is 2. The number of rotatable bonds is 4. The summed E-state index contributed by atoms with van der Waals surface area (Å²) in [5, 5.41) is 6.27. The molecule has 2 aromatic rings. The molecule has 0 aliphatic rings. The standard InChI is InChI=1S/C20H27N3O4/c1-11(2)16(23-19(26)27-20(4,5)6)18(25)21-14-8-7-13-9-12(3)17(24)22-15(13)10-14/h7-11,16H,1-6H3,(H,21,25)(H,22,24)(H,23,26). The third-order valence-corrected chi connectivity index (χ3v) is 3.92. The van der Waals surface area contributed by atoms with E-state index in [1.165, 1.54) is 0 Å².